The Labute approximate surface area is 156 Å². The number of carbonyl (C=O) groups is 2. The average Bonchev–Trinajstić information content (AvgIpc) is 2.52. The van der Waals surface area contributed by atoms with Crippen LogP contribution in [0.4, 0.5) is 8.78 Å². The van der Waals surface area contributed by atoms with Crippen molar-refractivity contribution in [3.05, 3.63) is 68.7 Å². The van der Waals surface area contributed by atoms with E-state index >= 15 is 0 Å². The molecule has 132 valence electrons. The summed E-state index contributed by atoms with van der Waals surface area (Å²) < 4.78 is 27.2. The zero-order valence-corrected chi connectivity index (χ0v) is 15.2. The van der Waals surface area contributed by atoms with Gasteiger partial charge in [-0.3, -0.25) is 9.59 Å². The maximum atomic E-state index is 13.6. The fourth-order valence-corrected chi connectivity index (χ4v) is 2.83. The molecule has 0 fully saturated rings. The van der Waals surface area contributed by atoms with Crippen molar-refractivity contribution in [3.63, 3.8) is 0 Å². The molecule has 0 aliphatic carbocycles. The minimum Gasteiger partial charge on any atom is -0.368 e. The number of hydrogen-bond acceptors (Lipinski definition) is 2. The number of carbonyl (C=O) groups excluding carboxylic acids is 2. The normalized spacial score (nSPS) is 11.8. The predicted molar refractivity (Wildman–Crippen MR) is 94.0 cm³/mol. The number of benzene rings is 2. The Hall–Kier alpha value is -1.99. The van der Waals surface area contributed by atoms with Crippen LogP contribution in [0.25, 0.3) is 0 Å². The summed E-state index contributed by atoms with van der Waals surface area (Å²) in [7, 11) is 0. The van der Waals surface area contributed by atoms with Gasteiger partial charge in [-0.2, -0.15) is 0 Å². The van der Waals surface area contributed by atoms with Crippen LogP contribution in [0.3, 0.4) is 0 Å². The molecule has 0 heterocycles. The van der Waals surface area contributed by atoms with Crippen LogP contribution in [0.1, 0.15) is 11.1 Å². The van der Waals surface area contributed by atoms with Gasteiger partial charge >= 0.3 is 0 Å². The Morgan fingerprint density at radius 1 is 1.16 bits per heavy atom. The van der Waals surface area contributed by atoms with Crippen molar-refractivity contribution in [3.8, 4) is 0 Å². The van der Waals surface area contributed by atoms with E-state index in [0.717, 1.165) is 6.07 Å². The number of nitrogens with one attached hydrogen (secondary N) is 1. The summed E-state index contributed by atoms with van der Waals surface area (Å²) >= 11 is 9.26. The van der Waals surface area contributed by atoms with E-state index in [4.69, 9.17) is 17.3 Å². The average molecular weight is 432 g/mol. The third kappa shape index (κ3) is 5.51. The Morgan fingerprint density at radius 3 is 2.52 bits per heavy atom. The number of nitrogens with two attached hydrogens (primary N) is 1. The monoisotopic (exact) mass is 430 g/mol. The van der Waals surface area contributed by atoms with Crippen molar-refractivity contribution in [2.24, 2.45) is 5.73 Å². The van der Waals surface area contributed by atoms with Crippen molar-refractivity contribution in [1.82, 2.24) is 5.32 Å². The quantitative estimate of drug-likeness (QED) is 0.737. The second-order valence-corrected chi connectivity index (χ2v) is 6.67. The molecule has 8 heteroatoms. The lowest BCUT2D eigenvalue weighted by Crippen LogP contribution is -2.46. The van der Waals surface area contributed by atoms with Gasteiger partial charge in [0, 0.05) is 22.0 Å². The lowest BCUT2D eigenvalue weighted by Gasteiger charge is -2.17. The van der Waals surface area contributed by atoms with Gasteiger partial charge in [-0.15, -0.1) is 0 Å². The van der Waals surface area contributed by atoms with E-state index in [1.807, 2.05) is 0 Å². The van der Waals surface area contributed by atoms with Gasteiger partial charge in [-0.1, -0.05) is 33.6 Å². The molecule has 0 saturated heterocycles. The highest BCUT2D eigenvalue weighted by Gasteiger charge is 2.21. The number of amides is 2. The van der Waals surface area contributed by atoms with E-state index in [-0.39, 0.29) is 18.4 Å². The standard InChI is InChI=1S/C17H14BrClF2N2O2/c18-13-4-2-11(19)5-10(13)6-15(17(22)25)23-16(24)7-9-1-3-12(20)8-14(9)21/h1-5,8,15H,6-7H2,(H2,22,25)(H,23,24)/t15-/m0/s1. The summed E-state index contributed by atoms with van der Waals surface area (Å²) in [4.78, 5) is 23.7. The first-order chi connectivity index (χ1) is 11.8. The first-order valence-electron chi connectivity index (χ1n) is 7.23. The maximum Gasteiger partial charge on any atom is 0.240 e. The highest BCUT2D eigenvalue weighted by Crippen LogP contribution is 2.22. The minimum absolute atomic E-state index is 0.0195. The molecule has 2 rings (SSSR count). The van der Waals surface area contributed by atoms with Crippen molar-refractivity contribution < 1.29 is 18.4 Å². The number of rotatable bonds is 6. The van der Waals surface area contributed by atoms with Crippen molar-refractivity contribution in [2.75, 3.05) is 0 Å². The van der Waals surface area contributed by atoms with Gasteiger partial charge < -0.3 is 11.1 Å². The molecule has 2 aromatic rings. The highest BCUT2D eigenvalue weighted by atomic mass is 79.9. The van der Waals surface area contributed by atoms with E-state index in [0.29, 0.717) is 21.1 Å². The molecule has 0 bridgehead atoms. The second kappa shape index (κ2) is 8.40. The van der Waals surface area contributed by atoms with Gasteiger partial charge in [-0.25, -0.2) is 8.78 Å². The molecule has 2 amide bonds. The van der Waals surface area contributed by atoms with E-state index in [1.54, 1.807) is 18.2 Å². The van der Waals surface area contributed by atoms with Gasteiger partial charge in [0.2, 0.25) is 11.8 Å². The molecule has 0 unspecified atom stereocenters. The van der Waals surface area contributed by atoms with Crippen LogP contribution in [0.15, 0.2) is 40.9 Å². The number of hydrogen-bond donors (Lipinski definition) is 2. The molecule has 0 spiro atoms. The largest absolute Gasteiger partial charge is 0.368 e. The molecule has 3 N–H and O–H groups in total. The topological polar surface area (TPSA) is 72.2 Å². The molecule has 0 radical (unpaired) electrons. The van der Waals surface area contributed by atoms with Crippen LogP contribution in [0.2, 0.25) is 5.02 Å². The number of primary amides is 1. The minimum atomic E-state index is -0.995. The molecular formula is C17H14BrClF2N2O2. The highest BCUT2D eigenvalue weighted by molar-refractivity contribution is 9.10. The van der Waals surface area contributed by atoms with Crippen LogP contribution in [-0.4, -0.2) is 17.9 Å². The molecule has 4 nitrogen and oxygen atoms in total. The second-order valence-electron chi connectivity index (χ2n) is 5.37. The summed E-state index contributed by atoms with van der Waals surface area (Å²) in [6.45, 7) is 0. The third-order valence-corrected chi connectivity index (χ3v) is 4.49. The summed E-state index contributed by atoms with van der Waals surface area (Å²) in [5.74, 6) is -2.90. The Balaban J connectivity index is 2.09. The van der Waals surface area contributed by atoms with Gasteiger partial charge in [0.25, 0.3) is 0 Å². The van der Waals surface area contributed by atoms with E-state index in [9.17, 15) is 18.4 Å². The van der Waals surface area contributed by atoms with Gasteiger partial charge in [0.05, 0.1) is 6.42 Å². The van der Waals surface area contributed by atoms with Crippen LogP contribution in [0.5, 0.6) is 0 Å². The van der Waals surface area contributed by atoms with Gasteiger partial charge in [0.1, 0.15) is 17.7 Å². The van der Waals surface area contributed by atoms with Gasteiger partial charge in [0.15, 0.2) is 0 Å². The lowest BCUT2D eigenvalue weighted by molar-refractivity contribution is -0.127. The molecule has 1 atom stereocenters. The van der Waals surface area contributed by atoms with Crippen LogP contribution in [-0.2, 0) is 22.4 Å². The zero-order chi connectivity index (χ0) is 18.6. The molecule has 0 aliphatic heterocycles. The first kappa shape index (κ1) is 19.3. The summed E-state index contributed by atoms with van der Waals surface area (Å²) in [6.07, 6.45) is -0.222. The smallest absolute Gasteiger partial charge is 0.240 e. The Kier molecular flexibility index (Phi) is 6.50. The molecule has 0 aliphatic rings. The van der Waals surface area contributed by atoms with Crippen LogP contribution < -0.4 is 11.1 Å². The van der Waals surface area contributed by atoms with Crippen molar-refractivity contribution in [2.45, 2.75) is 18.9 Å². The fourth-order valence-electron chi connectivity index (χ4n) is 2.23. The summed E-state index contributed by atoms with van der Waals surface area (Å²) in [5.41, 5.74) is 6.04. The zero-order valence-electron chi connectivity index (χ0n) is 12.9. The molecule has 2 aromatic carbocycles. The Morgan fingerprint density at radius 2 is 1.88 bits per heavy atom. The Bertz CT molecular complexity index is 817. The number of halogens is 4. The first-order valence-corrected chi connectivity index (χ1v) is 8.40. The SMILES string of the molecule is NC(=O)[C@H](Cc1cc(Cl)ccc1Br)NC(=O)Cc1ccc(F)cc1F. The van der Waals surface area contributed by atoms with E-state index < -0.39 is 29.5 Å². The predicted octanol–water partition coefficient (Wildman–Crippen LogP) is 3.14. The summed E-state index contributed by atoms with van der Waals surface area (Å²) in [6, 6.07) is 6.96. The van der Waals surface area contributed by atoms with Crippen molar-refractivity contribution >= 4 is 39.3 Å². The molecule has 0 aromatic heterocycles. The third-order valence-electron chi connectivity index (χ3n) is 3.48. The van der Waals surface area contributed by atoms with Gasteiger partial charge in [-0.05, 0) is 35.4 Å². The molecule has 0 saturated carbocycles. The molecule has 25 heavy (non-hydrogen) atoms. The summed E-state index contributed by atoms with van der Waals surface area (Å²) in [5, 5.41) is 2.94. The van der Waals surface area contributed by atoms with Crippen LogP contribution in [0, 0.1) is 11.6 Å². The maximum absolute atomic E-state index is 13.6. The van der Waals surface area contributed by atoms with E-state index in [2.05, 4.69) is 21.2 Å². The van der Waals surface area contributed by atoms with Crippen molar-refractivity contribution in [1.29, 1.82) is 0 Å². The fraction of sp³-hybridized carbons (Fsp3) is 0.176. The lowest BCUT2D eigenvalue weighted by atomic mass is 10.0. The van der Waals surface area contributed by atoms with Crippen LogP contribution >= 0.6 is 27.5 Å². The van der Waals surface area contributed by atoms with E-state index in [1.165, 1.54) is 6.07 Å². The molecular weight excluding hydrogens is 418 g/mol.